The number of nitrogens with one attached hydrogen (secondary N) is 1. The Kier molecular flexibility index (Phi) is 9.11. The van der Waals surface area contributed by atoms with Gasteiger partial charge in [-0.2, -0.15) is 0 Å². The van der Waals surface area contributed by atoms with E-state index in [1.54, 1.807) is 6.07 Å². The Bertz CT molecular complexity index is 1370. The lowest BCUT2D eigenvalue weighted by Crippen LogP contribution is -2.33. The Labute approximate surface area is 238 Å². The third kappa shape index (κ3) is 6.39. The van der Waals surface area contributed by atoms with Gasteiger partial charge in [0.15, 0.2) is 0 Å². The molecule has 2 unspecified atom stereocenters. The van der Waals surface area contributed by atoms with Gasteiger partial charge in [0.05, 0.1) is 11.6 Å². The van der Waals surface area contributed by atoms with Crippen molar-refractivity contribution in [1.82, 2.24) is 5.32 Å². The normalized spacial score (nSPS) is 12.9. The number of nitrogens with zero attached hydrogens (tertiary/aromatic N) is 1. The molecular formula is C28H20Br4N2O. The van der Waals surface area contributed by atoms with E-state index in [9.17, 15) is 4.79 Å². The standard InChI is InChI=1S/C28H20Br4N2O/c29-22-13-5-1-9-18(22)17-33-26(19-10-2-6-14-23(19)30)27(20-11-3-7-15-24(20)31)34-28(35)21-12-4-8-16-25(21)32/h1-17,26-27H,(H,34,35)/b33-17-. The van der Waals surface area contributed by atoms with E-state index in [0.29, 0.717) is 5.56 Å². The Morgan fingerprint density at radius 2 is 1.17 bits per heavy atom. The second-order valence-electron chi connectivity index (χ2n) is 7.72. The van der Waals surface area contributed by atoms with Crippen molar-refractivity contribution >= 4 is 75.8 Å². The van der Waals surface area contributed by atoms with Gasteiger partial charge in [-0.3, -0.25) is 9.79 Å². The molecule has 4 rings (SSSR count). The van der Waals surface area contributed by atoms with Crippen molar-refractivity contribution in [2.24, 2.45) is 4.99 Å². The zero-order valence-electron chi connectivity index (χ0n) is 18.3. The molecule has 0 saturated heterocycles. The summed E-state index contributed by atoms with van der Waals surface area (Å²) in [5.74, 6) is -0.189. The van der Waals surface area contributed by atoms with Crippen molar-refractivity contribution in [3.8, 4) is 0 Å². The predicted molar refractivity (Wildman–Crippen MR) is 157 cm³/mol. The Morgan fingerprint density at radius 3 is 1.77 bits per heavy atom. The Hall–Kier alpha value is -2.06. The van der Waals surface area contributed by atoms with Crippen LogP contribution in [-0.2, 0) is 0 Å². The van der Waals surface area contributed by atoms with E-state index in [1.807, 2.05) is 97.2 Å². The number of carbonyl (C=O) groups is 1. The number of aliphatic imine (C=N–C) groups is 1. The minimum atomic E-state index is -0.456. The van der Waals surface area contributed by atoms with Crippen LogP contribution < -0.4 is 5.32 Å². The quantitative estimate of drug-likeness (QED) is 0.190. The van der Waals surface area contributed by atoms with Crippen molar-refractivity contribution < 1.29 is 4.79 Å². The van der Waals surface area contributed by atoms with E-state index in [2.05, 4.69) is 69.0 Å². The van der Waals surface area contributed by atoms with Gasteiger partial charge in [0, 0.05) is 29.7 Å². The number of hydrogen-bond donors (Lipinski definition) is 1. The second-order valence-corrected chi connectivity index (χ2v) is 11.1. The lowest BCUT2D eigenvalue weighted by molar-refractivity contribution is 0.0929. The van der Waals surface area contributed by atoms with E-state index in [1.165, 1.54) is 0 Å². The van der Waals surface area contributed by atoms with Crippen molar-refractivity contribution in [3.63, 3.8) is 0 Å². The first kappa shape index (κ1) is 26.0. The fourth-order valence-corrected chi connectivity index (χ4v) is 5.62. The molecule has 3 nitrogen and oxygen atoms in total. The first-order chi connectivity index (χ1) is 17.0. The summed E-state index contributed by atoms with van der Waals surface area (Å²) in [5.41, 5.74) is 3.40. The molecule has 0 aliphatic rings. The fourth-order valence-electron chi connectivity index (χ4n) is 3.72. The van der Waals surface area contributed by atoms with Gasteiger partial charge in [-0.15, -0.1) is 0 Å². The van der Waals surface area contributed by atoms with E-state index in [0.717, 1.165) is 34.6 Å². The Morgan fingerprint density at radius 1 is 0.657 bits per heavy atom. The van der Waals surface area contributed by atoms with Crippen LogP contribution in [-0.4, -0.2) is 12.1 Å². The molecule has 0 aromatic heterocycles. The van der Waals surface area contributed by atoms with Crippen LogP contribution in [0.5, 0.6) is 0 Å². The first-order valence-corrected chi connectivity index (χ1v) is 13.9. The zero-order valence-corrected chi connectivity index (χ0v) is 24.7. The largest absolute Gasteiger partial charge is 0.343 e. The molecule has 0 bridgehead atoms. The molecule has 0 aliphatic carbocycles. The van der Waals surface area contributed by atoms with E-state index < -0.39 is 12.1 Å². The predicted octanol–water partition coefficient (Wildman–Crippen LogP) is 9.07. The van der Waals surface area contributed by atoms with E-state index in [-0.39, 0.29) is 5.91 Å². The first-order valence-electron chi connectivity index (χ1n) is 10.8. The van der Waals surface area contributed by atoms with Crippen molar-refractivity contribution in [1.29, 1.82) is 0 Å². The zero-order chi connectivity index (χ0) is 24.8. The molecule has 35 heavy (non-hydrogen) atoms. The van der Waals surface area contributed by atoms with Gasteiger partial charge in [-0.05, 0) is 57.4 Å². The van der Waals surface area contributed by atoms with Crippen LogP contribution in [0.4, 0.5) is 0 Å². The van der Waals surface area contributed by atoms with Gasteiger partial charge in [0.25, 0.3) is 5.91 Å². The van der Waals surface area contributed by atoms with Crippen LogP contribution in [0, 0.1) is 0 Å². The van der Waals surface area contributed by atoms with Crippen LogP contribution in [0.3, 0.4) is 0 Å². The summed E-state index contributed by atoms with van der Waals surface area (Å²) in [5, 5.41) is 3.26. The average molecular weight is 720 g/mol. The van der Waals surface area contributed by atoms with Gasteiger partial charge in [-0.25, -0.2) is 0 Å². The topological polar surface area (TPSA) is 41.5 Å². The smallest absolute Gasteiger partial charge is 0.252 e. The van der Waals surface area contributed by atoms with E-state index >= 15 is 0 Å². The lowest BCUT2D eigenvalue weighted by Gasteiger charge is -2.28. The van der Waals surface area contributed by atoms with Gasteiger partial charge >= 0.3 is 0 Å². The van der Waals surface area contributed by atoms with Crippen LogP contribution in [0.1, 0.15) is 39.1 Å². The van der Waals surface area contributed by atoms with Crippen LogP contribution in [0.2, 0.25) is 0 Å². The molecule has 0 aliphatic heterocycles. The minimum absolute atomic E-state index is 0.189. The molecule has 7 heteroatoms. The molecule has 0 heterocycles. The molecule has 176 valence electrons. The molecule has 0 fully saturated rings. The highest BCUT2D eigenvalue weighted by molar-refractivity contribution is 9.11. The molecule has 0 spiro atoms. The number of benzene rings is 4. The molecule has 0 saturated carbocycles. The number of halogens is 4. The summed E-state index contributed by atoms with van der Waals surface area (Å²) >= 11 is 14.5. The van der Waals surface area contributed by atoms with E-state index in [4.69, 9.17) is 4.99 Å². The molecule has 4 aromatic carbocycles. The molecule has 2 atom stereocenters. The molecule has 4 aromatic rings. The van der Waals surface area contributed by atoms with Crippen LogP contribution in [0.25, 0.3) is 0 Å². The summed E-state index contributed by atoms with van der Waals surface area (Å²) in [6.07, 6.45) is 1.85. The highest BCUT2D eigenvalue weighted by atomic mass is 79.9. The SMILES string of the molecule is O=C(NC(c1ccccc1Br)C(/N=C\c1ccccc1Br)c1ccccc1Br)c1ccccc1Br. The highest BCUT2D eigenvalue weighted by Gasteiger charge is 2.29. The maximum atomic E-state index is 13.5. The summed E-state index contributed by atoms with van der Waals surface area (Å²) in [6.45, 7) is 0. The van der Waals surface area contributed by atoms with Crippen molar-refractivity contribution in [3.05, 3.63) is 137 Å². The molecule has 0 radical (unpaired) electrons. The molecule has 1 N–H and O–H groups in total. The van der Waals surface area contributed by atoms with Crippen molar-refractivity contribution in [2.45, 2.75) is 12.1 Å². The number of amides is 1. The van der Waals surface area contributed by atoms with Gasteiger partial charge < -0.3 is 5.32 Å². The number of rotatable bonds is 7. The summed E-state index contributed by atoms with van der Waals surface area (Å²) in [4.78, 5) is 18.5. The minimum Gasteiger partial charge on any atom is -0.343 e. The van der Waals surface area contributed by atoms with Gasteiger partial charge in [0.2, 0.25) is 0 Å². The summed E-state index contributed by atoms with van der Waals surface area (Å²) < 4.78 is 3.49. The van der Waals surface area contributed by atoms with Gasteiger partial charge in [-0.1, -0.05) is 115 Å². The fraction of sp³-hybridized carbons (Fsp3) is 0.0714. The third-order valence-electron chi connectivity index (χ3n) is 5.46. The second kappa shape index (κ2) is 12.3. The van der Waals surface area contributed by atoms with Crippen molar-refractivity contribution in [2.75, 3.05) is 0 Å². The van der Waals surface area contributed by atoms with Crippen LogP contribution in [0.15, 0.2) is 120 Å². The number of hydrogen-bond acceptors (Lipinski definition) is 2. The lowest BCUT2D eigenvalue weighted by atomic mass is 9.93. The Balaban J connectivity index is 1.85. The van der Waals surface area contributed by atoms with Gasteiger partial charge in [0.1, 0.15) is 6.04 Å². The third-order valence-corrected chi connectivity index (χ3v) is 8.32. The monoisotopic (exact) mass is 716 g/mol. The average Bonchev–Trinajstić information content (AvgIpc) is 2.86. The highest BCUT2D eigenvalue weighted by Crippen LogP contribution is 2.39. The van der Waals surface area contributed by atoms with Crippen LogP contribution >= 0.6 is 63.7 Å². The number of carbonyl (C=O) groups excluding carboxylic acids is 1. The molecule has 1 amide bonds. The summed E-state index contributed by atoms with van der Waals surface area (Å²) in [7, 11) is 0. The molecular weight excluding hydrogens is 700 g/mol. The maximum absolute atomic E-state index is 13.5. The maximum Gasteiger partial charge on any atom is 0.252 e. The summed E-state index contributed by atoms with van der Waals surface area (Å²) in [6, 6.07) is 30.3.